The molecule has 0 aliphatic carbocycles. The molecule has 0 radical (unpaired) electrons. The number of alkyl halides is 2. The number of aromatic nitrogens is 3. The van der Waals surface area contributed by atoms with Gasteiger partial charge in [0.15, 0.2) is 0 Å². The molecule has 0 saturated heterocycles. The third kappa shape index (κ3) is 6.41. The SMILES string of the molecule is C=CC(=O)N1CC(C)n2nc(-c3nc(-c4ccc(C=NC)c(N)c4)c4ccsc4c3-c3c(F)cc(F)cc3OCCOC(F)F)cc2C1C. The molecule has 2 atom stereocenters. The van der Waals surface area contributed by atoms with E-state index in [2.05, 4.69) is 16.3 Å². The largest absolute Gasteiger partial charge is 0.490 e. The van der Waals surface area contributed by atoms with Crippen molar-refractivity contribution < 1.29 is 31.8 Å². The molecule has 0 bridgehead atoms. The van der Waals surface area contributed by atoms with Crippen molar-refractivity contribution in [2.45, 2.75) is 32.5 Å². The Labute approximate surface area is 283 Å². The smallest absolute Gasteiger partial charge is 0.345 e. The van der Waals surface area contributed by atoms with E-state index in [-0.39, 0.29) is 40.6 Å². The molecule has 14 heteroatoms. The number of carbonyl (C=O) groups excluding carboxylic acids is 1. The minimum Gasteiger partial charge on any atom is -0.490 e. The van der Waals surface area contributed by atoms with Crippen LogP contribution in [0.15, 0.2) is 65.5 Å². The van der Waals surface area contributed by atoms with Crippen LogP contribution < -0.4 is 10.5 Å². The van der Waals surface area contributed by atoms with Crippen molar-refractivity contribution >= 4 is 39.2 Å². The van der Waals surface area contributed by atoms with Crippen molar-refractivity contribution in [3.63, 3.8) is 0 Å². The number of anilines is 1. The Kier molecular flexibility index (Phi) is 9.52. The lowest BCUT2D eigenvalue weighted by Gasteiger charge is -2.36. The second kappa shape index (κ2) is 13.8. The van der Waals surface area contributed by atoms with Crippen molar-refractivity contribution in [2.75, 3.05) is 32.5 Å². The summed E-state index contributed by atoms with van der Waals surface area (Å²) in [7, 11) is 1.64. The molecule has 0 spiro atoms. The molecule has 3 aromatic heterocycles. The number of hydrogen-bond donors (Lipinski definition) is 1. The quantitative estimate of drug-likeness (QED) is 0.0529. The summed E-state index contributed by atoms with van der Waals surface area (Å²) in [5, 5.41) is 7.40. The van der Waals surface area contributed by atoms with E-state index in [4.69, 9.17) is 20.6 Å². The third-order valence-corrected chi connectivity index (χ3v) is 9.26. The van der Waals surface area contributed by atoms with Gasteiger partial charge < -0.3 is 20.1 Å². The number of rotatable bonds is 10. The number of carbonyl (C=O) groups is 1. The van der Waals surface area contributed by atoms with Crippen LogP contribution in [0, 0.1) is 11.6 Å². The zero-order valence-electron chi connectivity index (χ0n) is 26.8. The third-order valence-electron chi connectivity index (χ3n) is 8.33. The molecule has 2 aromatic carbocycles. The highest BCUT2D eigenvalue weighted by atomic mass is 32.1. The first kappa shape index (κ1) is 33.8. The van der Waals surface area contributed by atoms with Gasteiger partial charge in [-0.3, -0.25) is 14.5 Å². The zero-order chi connectivity index (χ0) is 35.0. The van der Waals surface area contributed by atoms with Gasteiger partial charge in [-0.2, -0.15) is 13.9 Å². The Morgan fingerprint density at radius 1 is 1.14 bits per heavy atom. The average molecular weight is 693 g/mol. The highest BCUT2D eigenvalue weighted by molar-refractivity contribution is 7.18. The highest BCUT2D eigenvalue weighted by Gasteiger charge is 2.34. The molecule has 0 saturated carbocycles. The summed E-state index contributed by atoms with van der Waals surface area (Å²) in [6, 6.07) is 10.2. The van der Waals surface area contributed by atoms with Crippen molar-refractivity contribution in [3.05, 3.63) is 83.4 Å². The van der Waals surface area contributed by atoms with Crippen molar-refractivity contribution in [1.82, 2.24) is 19.7 Å². The molecule has 1 amide bonds. The standard InChI is InChI=1S/C35H32F4N6O3S/c1-5-29(46)44-17-18(2)45-27(19(44)3)15-26(43-45)33-31(30-24(37)13-22(36)14-28(30)47-9-10-48-35(38)39)34-23(8-11-49-34)32(42-33)20-6-7-21(16-41-4)25(40)12-20/h5-8,11-16,18-19,35H,1,9-10,17,40H2,2-4H3. The summed E-state index contributed by atoms with van der Waals surface area (Å²) in [5.41, 5.74) is 10.3. The Bertz CT molecular complexity index is 2100. The Balaban J connectivity index is 1.62. The first-order valence-corrected chi connectivity index (χ1v) is 16.2. The van der Waals surface area contributed by atoms with E-state index < -0.39 is 31.5 Å². The molecule has 6 rings (SSSR count). The number of ether oxygens (including phenoxy) is 2. The number of amides is 1. The highest BCUT2D eigenvalue weighted by Crippen LogP contribution is 2.48. The maximum Gasteiger partial charge on any atom is 0.345 e. The summed E-state index contributed by atoms with van der Waals surface area (Å²) in [6.45, 7) is 3.87. The van der Waals surface area contributed by atoms with Gasteiger partial charge in [0.2, 0.25) is 5.91 Å². The average Bonchev–Trinajstić information content (AvgIpc) is 3.74. The monoisotopic (exact) mass is 692 g/mol. The number of hydrogen-bond acceptors (Lipinski definition) is 8. The molecule has 254 valence electrons. The normalized spacial score (nSPS) is 16.1. The van der Waals surface area contributed by atoms with Crippen LogP contribution in [0.4, 0.5) is 23.2 Å². The number of nitrogens with zero attached hydrogens (tertiary/aromatic N) is 5. The lowest BCUT2D eigenvalue weighted by molar-refractivity contribution is -0.133. The number of nitrogen functional groups attached to an aromatic ring is 1. The minimum absolute atomic E-state index is 0.121. The molecule has 1 aliphatic heterocycles. The molecule has 9 nitrogen and oxygen atoms in total. The summed E-state index contributed by atoms with van der Waals surface area (Å²) in [4.78, 5) is 23.6. The molecule has 5 aromatic rings. The molecule has 2 unspecified atom stereocenters. The topological polar surface area (TPSA) is 108 Å². The molecule has 1 aliphatic rings. The van der Waals surface area contributed by atoms with Gasteiger partial charge in [0.1, 0.15) is 35.4 Å². The zero-order valence-corrected chi connectivity index (χ0v) is 27.6. The fourth-order valence-electron chi connectivity index (χ4n) is 6.10. The van der Waals surface area contributed by atoms with Gasteiger partial charge in [0.25, 0.3) is 0 Å². The molecule has 4 heterocycles. The van der Waals surface area contributed by atoms with Gasteiger partial charge in [0, 0.05) is 64.4 Å². The second-order valence-electron chi connectivity index (χ2n) is 11.4. The van der Waals surface area contributed by atoms with Gasteiger partial charge in [-0.1, -0.05) is 18.7 Å². The van der Waals surface area contributed by atoms with E-state index in [1.807, 2.05) is 42.1 Å². The van der Waals surface area contributed by atoms with E-state index in [1.54, 1.807) is 30.3 Å². The van der Waals surface area contributed by atoms with Crippen LogP contribution in [0.2, 0.25) is 0 Å². The summed E-state index contributed by atoms with van der Waals surface area (Å²) < 4.78 is 68.5. The molecule has 0 fully saturated rings. The van der Waals surface area contributed by atoms with E-state index >= 15 is 4.39 Å². The number of pyridine rings is 1. The van der Waals surface area contributed by atoms with Crippen LogP contribution in [0.3, 0.4) is 0 Å². The van der Waals surface area contributed by atoms with Crippen LogP contribution in [0.5, 0.6) is 5.75 Å². The maximum atomic E-state index is 16.1. The fourth-order valence-corrected chi connectivity index (χ4v) is 7.05. The van der Waals surface area contributed by atoms with Crippen LogP contribution in [-0.4, -0.2) is 65.2 Å². The Morgan fingerprint density at radius 2 is 1.94 bits per heavy atom. The number of aliphatic imine (C=N–C) groups is 1. The van der Waals surface area contributed by atoms with E-state index in [9.17, 15) is 18.0 Å². The predicted molar refractivity (Wildman–Crippen MR) is 182 cm³/mol. The van der Waals surface area contributed by atoms with Crippen LogP contribution >= 0.6 is 11.3 Å². The van der Waals surface area contributed by atoms with Crippen LogP contribution in [0.1, 0.15) is 37.2 Å². The second-order valence-corrected chi connectivity index (χ2v) is 12.4. The molecular weight excluding hydrogens is 660 g/mol. The Hall–Kier alpha value is -5.08. The first-order valence-electron chi connectivity index (χ1n) is 15.3. The number of halogens is 4. The van der Waals surface area contributed by atoms with Gasteiger partial charge in [0.05, 0.1) is 35.6 Å². The minimum atomic E-state index is -3.03. The number of benzene rings is 2. The van der Waals surface area contributed by atoms with Gasteiger partial charge in [-0.05, 0) is 43.5 Å². The van der Waals surface area contributed by atoms with Gasteiger partial charge in [-0.15, -0.1) is 11.3 Å². The van der Waals surface area contributed by atoms with Crippen molar-refractivity contribution in [1.29, 1.82) is 0 Å². The number of nitrogens with two attached hydrogens (primary N) is 1. The molecular formula is C35H32F4N6O3S. The lowest BCUT2D eigenvalue weighted by Crippen LogP contribution is -2.42. The Morgan fingerprint density at radius 3 is 2.65 bits per heavy atom. The van der Waals surface area contributed by atoms with Crippen LogP contribution in [0.25, 0.3) is 43.9 Å². The summed E-state index contributed by atoms with van der Waals surface area (Å²) >= 11 is 1.31. The van der Waals surface area contributed by atoms with Gasteiger partial charge in [-0.25, -0.2) is 13.8 Å². The number of fused-ring (bicyclic) bond motifs is 2. The van der Waals surface area contributed by atoms with Crippen molar-refractivity contribution in [3.8, 4) is 39.5 Å². The molecule has 2 N–H and O–H groups in total. The van der Waals surface area contributed by atoms with E-state index in [1.165, 1.54) is 17.4 Å². The first-order chi connectivity index (χ1) is 23.5. The van der Waals surface area contributed by atoms with Gasteiger partial charge >= 0.3 is 6.61 Å². The van der Waals surface area contributed by atoms with Crippen LogP contribution in [-0.2, 0) is 9.53 Å². The predicted octanol–water partition coefficient (Wildman–Crippen LogP) is 7.67. The van der Waals surface area contributed by atoms with E-state index in [0.717, 1.165) is 23.4 Å². The lowest BCUT2D eigenvalue weighted by atomic mass is 9.96. The summed E-state index contributed by atoms with van der Waals surface area (Å²) in [6.07, 6.45) is 2.91. The maximum absolute atomic E-state index is 16.1. The molecule has 49 heavy (non-hydrogen) atoms. The fraction of sp³-hybridized carbons (Fsp3) is 0.257. The van der Waals surface area contributed by atoms with Crippen molar-refractivity contribution in [2.24, 2.45) is 4.99 Å². The van der Waals surface area contributed by atoms with E-state index in [0.29, 0.717) is 39.3 Å². The number of thiophene rings is 1. The summed E-state index contributed by atoms with van der Waals surface area (Å²) in [5.74, 6) is -2.31.